The van der Waals surface area contributed by atoms with E-state index in [0.29, 0.717) is 23.7 Å². The third-order valence-corrected chi connectivity index (χ3v) is 4.64. The Morgan fingerprint density at radius 3 is 2.39 bits per heavy atom. The molecule has 3 heteroatoms. The van der Waals surface area contributed by atoms with Crippen molar-refractivity contribution in [2.45, 2.75) is 20.5 Å². The third kappa shape index (κ3) is 4.89. The van der Waals surface area contributed by atoms with Gasteiger partial charge in [-0.2, -0.15) is 0 Å². The lowest BCUT2D eigenvalue weighted by molar-refractivity contribution is 0.104. The zero-order valence-corrected chi connectivity index (χ0v) is 16.4. The highest BCUT2D eigenvalue weighted by Crippen LogP contribution is 2.29. The van der Waals surface area contributed by atoms with Crippen LogP contribution in [0.5, 0.6) is 11.5 Å². The highest BCUT2D eigenvalue weighted by Gasteiger charge is 2.07. The second-order valence-corrected chi connectivity index (χ2v) is 6.68. The van der Waals surface area contributed by atoms with Crippen molar-refractivity contribution in [3.8, 4) is 11.5 Å². The van der Waals surface area contributed by atoms with Crippen LogP contribution in [0.4, 0.5) is 0 Å². The van der Waals surface area contributed by atoms with Gasteiger partial charge >= 0.3 is 0 Å². The van der Waals surface area contributed by atoms with Crippen LogP contribution in [0.15, 0.2) is 72.8 Å². The van der Waals surface area contributed by atoms with Gasteiger partial charge in [-0.25, -0.2) is 0 Å². The molecule has 0 aliphatic heterocycles. The third-order valence-electron chi connectivity index (χ3n) is 4.64. The number of carbonyl (C=O) groups excluding carboxylic acids is 1. The van der Waals surface area contributed by atoms with E-state index >= 15 is 0 Å². The maximum absolute atomic E-state index is 12.5. The Morgan fingerprint density at radius 2 is 1.68 bits per heavy atom. The summed E-state index contributed by atoms with van der Waals surface area (Å²) < 4.78 is 11.3. The van der Waals surface area contributed by atoms with E-state index in [-0.39, 0.29) is 5.78 Å². The van der Waals surface area contributed by atoms with Gasteiger partial charge < -0.3 is 9.47 Å². The summed E-state index contributed by atoms with van der Waals surface area (Å²) in [6, 6.07) is 21.3. The molecule has 0 unspecified atom stereocenters. The van der Waals surface area contributed by atoms with E-state index in [1.54, 1.807) is 19.3 Å². The Bertz CT molecular complexity index is 988. The summed E-state index contributed by atoms with van der Waals surface area (Å²) in [6.07, 6.45) is 3.39. The van der Waals surface area contributed by atoms with E-state index in [0.717, 1.165) is 16.7 Å². The van der Waals surface area contributed by atoms with Gasteiger partial charge in [0.2, 0.25) is 0 Å². The quantitative estimate of drug-likeness (QED) is 0.389. The van der Waals surface area contributed by atoms with Gasteiger partial charge in [-0.3, -0.25) is 4.79 Å². The topological polar surface area (TPSA) is 35.5 Å². The molecule has 0 aromatic heterocycles. The molecule has 0 radical (unpaired) electrons. The van der Waals surface area contributed by atoms with Gasteiger partial charge in [0.1, 0.15) is 6.61 Å². The van der Waals surface area contributed by atoms with Crippen LogP contribution in [0.25, 0.3) is 6.08 Å². The van der Waals surface area contributed by atoms with Crippen molar-refractivity contribution in [3.05, 3.63) is 101 Å². The standard InChI is InChI=1S/C25H24O3/c1-18-9-12-22(15-19(18)2)23(26)13-10-20-11-14-24(27-3)25(16-20)28-17-21-7-5-4-6-8-21/h4-16H,17H2,1-3H3/b13-10+. The monoisotopic (exact) mass is 372 g/mol. The number of methoxy groups -OCH3 is 1. The summed E-state index contributed by atoms with van der Waals surface area (Å²) in [7, 11) is 1.61. The summed E-state index contributed by atoms with van der Waals surface area (Å²) >= 11 is 0. The smallest absolute Gasteiger partial charge is 0.185 e. The van der Waals surface area contributed by atoms with Gasteiger partial charge in [-0.1, -0.05) is 54.6 Å². The normalized spacial score (nSPS) is 10.8. The predicted molar refractivity (Wildman–Crippen MR) is 113 cm³/mol. The molecule has 0 saturated carbocycles. The zero-order valence-electron chi connectivity index (χ0n) is 16.4. The van der Waals surface area contributed by atoms with Crippen LogP contribution in [0.2, 0.25) is 0 Å². The van der Waals surface area contributed by atoms with Crippen molar-refractivity contribution in [2.75, 3.05) is 7.11 Å². The van der Waals surface area contributed by atoms with Gasteiger partial charge in [-0.15, -0.1) is 0 Å². The predicted octanol–water partition coefficient (Wildman–Crippen LogP) is 5.79. The molecular formula is C25H24O3. The highest BCUT2D eigenvalue weighted by molar-refractivity contribution is 6.07. The molecule has 0 N–H and O–H groups in total. The first-order chi connectivity index (χ1) is 13.6. The lowest BCUT2D eigenvalue weighted by Crippen LogP contribution is -1.98. The number of ketones is 1. The summed E-state index contributed by atoms with van der Waals surface area (Å²) in [4.78, 5) is 12.5. The number of rotatable bonds is 7. The Labute approximate surface area is 166 Å². The van der Waals surface area contributed by atoms with Crippen molar-refractivity contribution in [1.82, 2.24) is 0 Å². The molecule has 0 heterocycles. The molecule has 0 aliphatic rings. The van der Waals surface area contributed by atoms with Gasteiger partial charge in [0, 0.05) is 5.56 Å². The molecule has 0 atom stereocenters. The van der Waals surface area contributed by atoms with Crippen LogP contribution in [-0.2, 0) is 6.61 Å². The number of carbonyl (C=O) groups is 1. The maximum atomic E-state index is 12.5. The van der Waals surface area contributed by atoms with Gasteiger partial charge in [0.05, 0.1) is 7.11 Å². The average molecular weight is 372 g/mol. The first-order valence-corrected chi connectivity index (χ1v) is 9.21. The highest BCUT2D eigenvalue weighted by atomic mass is 16.5. The molecule has 142 valence electrons. The number of hydrogen-bond acceptors (Lipinski definition) is 3. The van der Waals surface area contributed by atoms with E-state index in [1.807, 2.05) is 80.6 Å². The Balaban J connectivity index is 1.75. The number of allylic oxidation sites excluding steroid dienone is 1. The minimum atomic E-state index is -0.0225. The lowest BCUT2D eigenvalue weighted by atomic mass is 10.0. The van der Waals surface area contributed by atoms with E-state index in [1.165, 1.54) is 5.56 Å². The van der Waals surface area contributed by atoms with Crippen LogP contribution >= 0.6 is 0 Å². The second-order valence-electron chi connectivity index (χ2n) is 6.68. The molecule has 0 bridgehead atoms. The molecule has 0 spiro atoms. The second kappa shape index (κ2) is 9.05. The SMILES string of the molecule is COc1ccc(/C=C/C(=O)c2ccc(C)c(C)c2)cc1OCc1ccccc1. The van der Waals surface area contributed by atoms with E-state index < -0.39 is 0 Å². The maximum Gasteiger partial charge on any atom is 0.185 e. The summed E-state index contributed by atoms with van der Waals surface area (Å²) in [6.45, 7) is 4.50. The van der Waals surface area contributed by atoms with Gasteiger partial charge in [0.25, 0.3) is 0 Å². The molecule has 0 saturated heterocycles. The fourth-order valence-corrected chi connectivity index (χ4v) is 2.81. The van der Waals surface area contributed by atoms with Crippen molar-refractivity contribution in [2.24, 2.45) is 0 Å². The Morgan fingerprint density at radius 1 is 0.893 bits per heavy atom. The van der Waals surface area contributed by atoms with E-state index in [4.69, 9.17) is 9.47 Å². The minimum Gasteiger partial charge on any atom is -0.493 e. The summed E-state index contributed by atoms with van der Waals surface area (Å²) in [5, 5.41) is 0. The van der Waals surface area contributed by atoms with Crippen LogP contribution in [0.3, 0.4) is 0 Å². The molecule has 3 aromatic carbocycles. The fourth-order valence-electron chi connectivity index (χ4n) is 2.81. The molecule has 3 rings (SSSR count). The van der Waals surface area contributed by atoms with E-state index in [9.17, 15) is 4.79 Å². The lowest BCUT2D eigenvalue weighted by Gasteiger charge is -2.11. The van der Waals surface area contributed by atoms with Crippen LogP contribution < -0.4 is 9.47 Å². The number of benzene rings is 3. The number of aryl methyl sites for hydroxylation is 2. The van der Waals surface area contributed by atoms with Crippen LogP contribution in [-0.4, -0.2) is 12.9 Å². The summed E-state index contributed by atoms with van der Waals surface area (Å²) in [5.74, 6) is 1.28. The molecule has 0 aliphatic carbocycles. The van der Waals surface area contributed by atoms with Gasteiger partial charge in [0.15, 0.2) is 17.3 Å². The van der Waals surface area contributed by atoms with E-state index in [2.05, 4.69) is 0 Å². The number of ether oxygens (including phenoxy) is 2. The zero-order chi connectivity index (χ0) is 19.9. The van der Waals surface area contributed by atoms with Crippen molar-refractivity contribution in [1.29, 1.82) is 0 Å². The number of hydrogen-bond donors (Lipinski definition) is 0. The van der Waals surface area contributed by atoms with Crippen LogP contribution in [0, 0.1) is 13.8 Å². The largest absolute Gasteiger partial charge is 0.493 e. The van der Waals surface area contributed by atoms with Crippen LogP contribution in [0.1, 0.15) is 32.6 Å². The van der Waals surface area contributed by atoms with Crippen molar-refractivity contribution >= 4 is 11.9 Å². The molecule has 3 aromatic rings. The molecule has 0 fully saturated rings. The summed E-state index contributed by atoms with van der Waals surface area (Å²) in [5.41, 5.74) is 4.93. The van der Waals surface area contributed by atoms with Crippen molar-refractivity contribution < 1.29 is 14.3 Å². The molecule has 28 heavy (non-hydrogen) atoms. The minimum absolute atomic E-state index is 0.0225. The van der Waals surface area contributed by atoms with Gasteiger partial charge in [-0.05, 0) is 60.4 Å². The fraction of sp³-hybridized carbons (Fsp3) is 0.160. The average Bonchev–Trinajstić information content (AvgIpc) is 2.73. The first kappa shape index (κ1) is 19.4. The Kier molecular flexibility index (Phi) is 6.28. The molecule has 3 nitrogen and oxygen atoms in total. The van der Waals surface area contributed by atoms with Crippen molar-refractivity contribution in [3.63, 3.8) is 0 Å². The Hall–Kier alpha value is -3.33. The molecular weight excluding hydrogens is 348 g/mol. The molecule has 0 amide bonds. The first-order valence-electron chi connectivity index (χ1n) is 9.21.